The van der Waals surface area contributed by atoms with Crippen LogP contribution in [0.5, 0.6) is 0 Å². The first-order chi connectivity index (χ1) is 19.7. The molecule has 0 aliphatic carbocycles. The highest BCUT2D eigenvalue weighted by Gasteiger charge is 2.17. The molecular weight excluding hydrogens is 490 g/mol. The second-order valence-electron chi connectivity index (χ2n) is 9.72. The fourth-order valence-corrected chi connectivity index (χ4v) is 5.23. The Balaban J connectivity index is 1.43. The molecule has 0 amide bonds. The Bertz CT molecular complexity index is 2010. The van der Waals surface area contributed by atoms with E-state index in [-0.39, 0.29) is 0 Å². The molecule has 0 atom stereocenters. The van der Waals surface area contributed by atoms with Gasteiger partial charge in [0.05, 0.1) is 17.6 Å². The summed E-state index contributed by atoms with van der Waals surface area (Å²) in [7, 11) is 0. The standard InChI is InChI=1S/C35H23N5/c1-23-17-20-32-29(21-23)27-15-9-10-16-31(27)40(32)26-18-19-28(30(22-26)36-2)35-38-33(24-11-5-3-6-12-24)37-34(39-35)25-13-7-4-8-14-25/h3-22H,1H3. The summed E-state index contributed by atoms with van der Waals surface area (Å²) >= 11 is 0. The van der Waals surface area contributed by atoms with Crippen molar-refractivity contribution in [1.29, 1.82) is 0 Å². The lowest BCUT2D eigenvalue weighted by atomic mass is 10.1. The van der Waals surface area contributed by atoms with Gasteiger partial charge in [0.2, 0.25) is 0 Å². The van der Waals surface area contributed by atoms with Crippen molar-refractivity contribution in [3.05, 3.63) is 138 Å². The SMILES string of the molecule is [C-]#[N+]c1cc(-n2c3ccccc3c3cc(C)ccc32)ccc1-c1nc(-c2ccccc2)nc(-c2ccccc2)n1. The molecule has 0 fully saturated rings. The number of aryl methyl sites for hydroxylation is 1. The van der Waals surface area contributed by atoms with Crippen LogP contribution in [-0.2, 0) is 0 Å². The molecule has 0 N–H and O–H groups in total. The van der Waals surface area contributed by atoms with Crippen LogP contribution in [0.15, 0.2) is 121 Å². The zero-order chi connectivity index (χ0) is 27.1. The largest absolute Gasteiger partial charge is 0.311 e. The van der Waals surface area contributed by atoms with Crippen molar-refractivity contribution in [1.82, 2.24) is 19.5 Å². The molecule has 0 aliphatic rings. The predicted molar refractivity (Wildman–Crippen MR) is 161 cm³/mol. The van der Waals surface area contributed by atoms with E-state index in [2.05, 4.69) is 58.8 Å². The van der Waals surface area contributed by atoms with Gasteiger partial charge in [0.15, 0.2) is 23.2 Å². The Morgan fingerprint density at radius 1 is 0.575 bits per heavy atom. The quantitative estimate of drug-likeness (QED) is 0.221. The van der Waals surface area contributed by atoms with Crippen molar-refractivity contribution < 1.29 is 0 Å². The van der Waals surface area contributed by atoms with Gasteiger partial charge in [-0.25, -0.2) is 19.8 Å². The Hall–Kier alpha value is -5.60. The molecule has 0 aliphatic heterocycles. The Morgan fingerprint density at radius 2 is 1.18 bits per heavy atom. The molecule has 5 nitrogen and oxygen atoms in total. The average Bonchev–Trinajstić information content (AvgIpc) is 3.35. The van der Waals surface area contributed by atoms with Gasteiger partial charge in [0, 0.05) is 33.2 Å². The molecule has 5 heteroatoms. The first kappa shape index (κ1) is 23.5. The summed E-state index contributed by atoms with van der Waals surface area (Å²) in [4.78, 5) is 18.4. The van der Waals surface area contributed by atoms with Crippen LogP contribution in [0, 0.1) is 13.5 Å². The van der Waals surface area contributed by atoms with E-state index in [0.29, 0.717) is 28.7 Å². The van der Waals surface area contributed by atoms with E-state index in [0.717, 1.165) is 27.8 Å². The van der Waals surface area contributed by atoms with Crippen LogP contribution in [0.2, 0.25) is 0 Å². The lowest BCUT2D eigenvalue weighted by molar-refractivity contribution is 1.07. The molecule has 7 rings (SSSR count). The van der Waals surface area contributed by atoms with Gasteiger partial charge in [0.1, 0.15) is 0 Å². The topological polar surface area (TPSA) is 48.0 Å². The Labute approximate surface area is 231 Å². The monoisotopic (exact) mass is 513 g/mol. The van der Waals surface area contributed by atoms with Gasteiger partial charge in [-0.1, -0.05) is 96.6 Å². The van der Waals surface area contributed by atoms with E-state index in [1.165, 1.54) is 16.3 Å². The summed E-state index contributed by atoms with van der Waals surface area (Å²) in [5.41, 5.74) is 7.29. The molecule has 0 unspecified atom stereocenters. The molecule has 5 aromatic carbocycles. The first-order valence-electron chi connectivity index (χ1n) is 13.1. The highest BCUT2D eigenvalue weighted by Crippen LogP contribution is 2.37. The minimum Gasteiger partial charge on any atom is -0.311 e. The number of hydrogen-bond donors (Lipinski definition) is 0. The lowest BCUT2D eigenvalue weighted by Gasteiger charge is -2.12. The van der Waals surface area contributed by atoms with Crippen LogP contribution in [0.1, 0.15) is 5.56 Å². The van der Waals surface area contributed by atoms with Crippen LogP contribution < -0.4 is 0 Å². The summed E-state index contributed by atoms with van der Waals surface area (Å²) in [5.74, 6) is 1.62. The van der Waals surface area contributed by atoms with E-state index in [4.69, 9.17) is 21.5 Å². The van der Waals surface area contributed by atoms with Gasteiger partial charge in [-0.15, -0.1) is 0 Å². The van der Waals surface area contributed by atoms with Crippen LogP contribution in [-0.4, -0.2) is 19.5 Å². The van der Waals surface area contributed by atoms with Crippen molar-refractivity contribution in [2.24, 2.45) is 0 Å². The highest BCUT2D eigenvalue weighted by atomic mass is 15.0. The summed E-state index contributed by atoms with van der Waals surface area (Å²) in [6, 6.07) is 40.6. The van der Waals surface area contributed by atoms with Gasteiger partial charge in [-0.05, 0) is 37.3 Å². The van der Waals surface area contributed by atoms with E-state index in [1.807, 2.05) is 78.9 Å². The number of nitrogens with zero attached hydrogens (tertiary/aromatic N) is 5. The molecule has 0 radical (unpaired) electrons. The maximum Gasteiger partial charge on any atom is 0.200 e. The highest BCUT2D eigenvalue weighted by molar-refractivity contribution is 6.09. The summed E-state index contributed by atoms with van der Waals surface area (Å²) in [6.45, 7) is 10.2. The van der Waals surface area contributed by atoms with Crippen LogP contribution >= 0.6 is 0 Å². The van der Waals surface area contributed by atoms with E-state index < -0.39 is 0 Å². The molecule has 188 valence electrons. The van der Waals surface area contributed by atoms with Gasteiger partial charge in [-0.2, -0.15) is 0 Å². The maximum atomic E-state index is 8.09. The number of fused-ring (bicyclic) bond motifs is 3. The number of aromatic nitrogens is 4. The van der Waals surface area contributed by atoms with Crippen LogP contribution in [0.3, 0.4) is 0 Å². The molecular formula is C35H23N5. The number of para-hydroxylation sites is 1. The zero-order valence-electron chi connectivity index (χ0n) is 21.8. The number of hydrogen-bond acceptors (Lipinski definition) is 3. The van der Waals surface area contributed by atoms with Gasteiger partial charge in [0.25, 0.3) is 0 Å². The first-order valence-corrected chi connectivity index (χ1v) is 13.1. The second-order valence-corrected chi connectivity index (χ2v) is 9.72. The Kier molecular flexibility index (Phi) is 5.65. The zero-order valence-corrected chi connectivity index (χ0v) is 21.8. The van der Waals surface area contributed by atoms with E-state index in [1.54, 1.807) is 0 Å². The van der Waals surface area contributed by atoms with Crippen molar-refractivity contribution in [2.75, 3.05) is 0 Å². The summed E-state index contributed by atoms with van der Waals surface area (Å²) in [6.07, 6.45) is 0. The predicted octanol–water partition coefficient (Wildman–Crippen LogP) is 8.83. The van der Waals surface area contributed by atoms with Crippen LogP contribution in [0.4, 0.5) is 5.69 Å². The lowest BCUT2D eigenvalue weighted by Crippen LogP contribution is -2.01. The van der Waals surface area contributed by atoms with E-state index in [9.17, 15) is 0 Å². The Morgan fingerprint density at radius 3 is 1.85 bits per heavy atom. The van der Waals surface area contributed by atoms with Gasteiger partial charge in [-0.3, -0.25) is 0 Å². The van der Waals surface area contributed by atoms with Crippen molar-refractivity contribution in [3.63, 3.8) is 0 Å². The summed E-state index contributed by atoms with van der Waals surface area (Å²) < 4.78 is 2.22. The molecule has 0 saturated heterocycles. The average molecular weight is 514 g/mol. The smallest absolute Gasteiger partial charge is 0.200 e. The maximum absolute atomic E-state index is 8.09. The van der Waals surface area contributed by atoms with Crippen molar-refractivity contribution >= 4 is 27.5 Å². The van der Waals surface area contributed by atoms with Gasteiger partial charge >= 0.3 is 0 Å². The summed E-state index contributed by atoms with van der Waals surface area (Å²) in [5, 5.41) is 2.38. The van der Waals surface area contributed by atoms with Gasteiger partial charge < -0.3 is 4.57 Å². The third kappa shape index (κ3) is 4.00. The molecule has 7 aromatic rings. The minimum absolute atomic E-state index is 0.475. The van der Waals surface area contributed by atoms with Crippen molar-refractivity contribution in [2.45, 2.75) is 6.92 Å². The van der Waals surface area contributed by atoms with Crippen molar-refractivity contribution in [3.8, 4) is 39.9 Å². The normalized spacial score (nSPS) is 11.1. The fraction of sp³-hybridized carbons (Fsp3) is 0.0286. The molecule has 2 heterocycles. The molecule has 2 aromatic heterocycles. The molecule has 0 spiro atoms. The third-order valence-electron chi connectivity index (χ3n) is 7.13. The second kappa shape index (κ2) is 9.61. The number of rotatable bonds is 4. The third-order valence-corrected chi connectivity index (χ3v) is 7.13. The molecule has 0 saturated carbocycles. The molecule has 0 bridgehead atoms. The number of benzene rings is 5. The van der Waals surface area contributed by atoms with E-state index >= 15 is 0 Å². The van der Waals surface area contributed by atoms with Crippen LogP contribution in [0.25, 0.3) is 66.5 Å². The molecule has 40 heavy (non-hydrogen) atoms. The fourth-order valence-electron chi connectivity index (χ4n) is 5.23. The minimum atomic E-state index is 0.475.